The molecule has 2 aromatic rings. The number of hydrogen-bond donors (Lipinski definition) is 0. The molecule has 0 aliphatic carbocycles. The predicted molar refractivity (Wildman–Crippen MR) is 67.9 cm³/mol. The lowest BCUT2D eigenvalue weighted by molar-refractivity contribution is -0.385. The van der Waals surface area contributed by atoms with E-state index in [4.69, 9.17) is 10.00 Å². The van der Waals surface area contributed by atoms with E-state index in [1.54, 1.807) is 30.3 Å². The van der Waals surface area contributed by atoms with E-state index in [2.05, 4.69) is 0 Å². The van der Waals surface area contributed by atoms with Crippen LogP contribution < -0.4 is 4.74 Å². The van der Waals surface area contributed by atoms with E-state index in [0.717, 1.165) is 0 Å². The van der Waals surface area contributed by atoms with Gasteiger partial charge in [-0.15, -0.1) is 0 Å². The monoisotopic (exact) mass is 258 g/mol. The first-order chi connectivity index (χ1) is 8.72. The number of benzene rings is 2. The molecule has 2 aromatic carbocycles. The molecule has 0 aromatic heterocycles. The van der Waals surface area contributed by atoms with E-state index in [-0.39, 0.29) is 22.5 Å². The van der Waals surface area contributed by atoms with Crippen molar-refractivity contribution in [1.82, 2.24) is 0 Å². The fraction of sp³-hybridized carbons (Fsp3) is 0. The van der Waals surface area contributed by atoms with Crippen molar-refractivity contribution in [2.75, 3.05) is 0 Å². The van der Waals surface area contributed by atoms with Crippen LogP contribution in [0.25, 0.3) is 0 Å². The highest BCUT2D eigenvalue weighted by atomic mass is 16.6. The van der Waals surface area contributed by atoms with Crippen molar-refractivity contribution < 1.29 is 15.1 Å². The van der Waals surface area contributed by atoms with Crippen LogP contribution >= 0.6 is 0 Å². The predicted octanol–water partition coefficient (Wildman–Crippen LogP) is 2.43. The van der Waals surface area contributed by atoms with Gasteiger partial charge in [0.25, 0.3) is 0 Å². The molecule has 0 unspecified atom stereocenters. The SMILES string of the molecule is N#Cc1cccc([N+](=O)[O-])c1Oc1ccccc1.O. The van der Waals surface area contributed by atoms with Crippen LogP contribution in [-0.2, 0) is 0 Å². The van der Waals surface area contributed by atoms with Crippen molar-refractivity contribution in [3.63, 3.8) is 0 Å². The summed E-state index contributed by atoms with van der Waals surface area (Å²) in [6.45, 7) is 0. The Morgan fingerprint density at radius 1 is 1.11 bits per heavy atom. The second-order valence-corrected chi connectivity index (χ2v) is 3.44. The number of hydrogen-bond acceptors (Lipinski definition) is 4. The lowest BCUT2D eigenvalue weighted by Gasteiger charge is -2.07. The average molecular weight is 258 g/mol. The fourth-order valence-electron chi connectivity index (χ4n) is 1.47. The molecule has 6 heteroatoms. The molecule has 0 aliphatic rings. The molecule has 0 spiro atoms. The number of nitro groups is 1. The maximum Gasteiger partial charge on any atom is 0.312 e. The van der Waals surface area contributed by atoms with Gasteiger partial charge in [-0.1, -0.05) is 24.3 Å². The highest BCUT2D eigenvalue weighted by molar-refractivity contribution is 5.57. The van der Waals surface area contributed by atoms with Gasteiger partial charge in [0.1, 0.15) is 17.4 Å². The zero-order chi connectivity index (χ0) is 13.0. The van der Waals surface area contributed by atoms with Gasteiger partial charge in [-0.05, 0) is 18.2 Å². The Balaban J connectivity index is 0.00000180. The van der Waals surface area contributed by atoms with Crippen LogP contribution in [0.15, 0.2) is 48.5 Å². The summed E-state index contributed by atoms with van der Waals surface area (Å²) < 4.78 is 5.43. The second-order valence-electron chi connectivity index (χ2n) is 3.44. The van der Waals surface area contributed by atoms with Crippen molar-refractivity contribution in [2.45, 2.75) is 0 Å². The van der Waals surface area contributed by atoms with Crippen LogP contribution in [0.2, 0.25) is 0 Å². The third-order valence-electron chi connectivity index (χ3n) is 2.27. The molecule has 0 radical (unpaired) electrons. The van der Waals surface area contributed by atoms with Gasteiger partial charge >= 0.3 is 5.69 Å². The molecule has 96 valence electrons. The molecule has 2 rings (SSSR count). The summed E-state index contributed by atoms with van der Waals surface area (Å²) in [4.78, 5) is 10.3. The molecule has 0 saturated carbocycles. The summed E-state index contributed by atoms with van der Waals surface area (Å²) in [5, 5.41) is 19.8. The molecule has 0 aliphatic heterocycles. The quantitative estimate of drug-likeness (QED) is 0.622. The van der Waals surface area contributed by atoms with Gasteiger partial charge in [-0.3, -0.25) is 10.1 Å². The molecule has 6 nitrogen and oxygen atoms in total. The van der Waals surface area contributed by atoms with E-state index in [9.17, 15) is 10.1 Å². The van der Waals surface area contributed by atoms with Crippen LogP contribution in [0.4, 0.5) is 5.69 Å². The Labute approximate surface area is 108 Å². The normalized spacial score (nSPS) is 9.00. The largest absolute Gasteiger partial charge is 0.449 e. The van der Waals surface area contributed by atoms with Crippen LogP contribution in [0.5, 0.6) is 11.5 Å². The van der Waals surface area contributed by atoms with Gasteiger partial charge in [0, 0.05) is 6.07 Å². The van der Waals surface area contributed by atoms with Gasteiger partial charge in [0.15, 0.2) is 0 Å². The minimum absolute atomic E-state index is 0. The van der Waals surface area contributed by atoms with Gasteiger partial charge < -0.3 is 10.2 Å². The minimum Gasteiger partial charge on any atom is -0.449 e. The van der Waals surface area contributed by atoms with E-state index < -0.39 is 4.92 Å². The van der Waals surface area contributed by atoms with E-state index in [1.807, 2.05) is 6.07 Å². The first-order valence-corrected chi connectivity index (χ1v) is 5.13. The summed E-state index contributed by atoms with van der Waals surface area (Å²) in [5.74, 6) is 0.416. The Kier molecular flexibility index (Phi) is 4.57. The average Bonchev–Trinajstić information content (AvgIpc) is 2.40. The van der Waals surface area contributed by atoms with E-state index >= 15 is 0 Å². The second kappa shape index (κ2) is 6.14. The Hall–Kier alpha value is -2.91. The standard InChI is InChI=1S/C13H8N2O3.H2O/c14-9-10-5-4-8-12(15(16)17)13(10)18-11-6-2-1-3-7-11;/h1-8H;1H2. The van der Waals surface area contributed by atoms with Crippen LogP contribution in [-0.4, -0.2) is 10.4 Å². The molecule has 2 N–H and O–H groups in total. The lowest BCUT2D eigenvalue weighted by Crippen LogP contribution is -1.95. The van der Waals surface area contributed by atoms with Crippen molar-refractivity contribution in [1.29, 1.82) is 5.26 Å². The number of para-hydroxylation sites is 2. The third-order valence-corrected chi connectivity index (χ3v) is 2.27. The summed E-state index contributed by atoms with van der Waals surface area (Å²) in [5.41, 5.74) is -0.0917. The van der Waals surface area contributed by atoms with Crippen molar-refractivity contribution in [3.8, 4) is 17.6 Å². The molecule has 0 heterocycles. The Morgan fingerprint density at radius 2 is 1.79 bits per heavy atom. The zero-order valence-corrected chi connectivity index (χ0v) is 9.74. The van der Waals surface area contributed by atoms with Gasteiger partial charge in [-0.25, -0.2) is 0 Å². The van der Waals surface area contributed by atoms with Gasteiger partial charge in [-0.2, -0.15) is 5.26 Å². The van der Waals surface area contributed by atoms with E-state index in [1.165, 1.54) is 18.2 Å². The number of nitrogens with zero attached hydrogens (tertiary/aromatic N) is 2. The minimum atomic E-state index is -0.570. The molecular formula is C13H10N2O4. The number of nitriles is 1. The van der Waals surface area contributed by atoms with Crippen LogP contribution in [0.1, 0.15) is 5.56 Å². The maximum atomic E-state index is 10.9. The molecule has 0 bridgehead atoms. The van der Waals surface area contributed by atoms with Gasteiger partial charge in [0.05, 0.1) is 4.92 Å². The molecular weight excluding hydrogens is 248 g/mol. The fourth-order valence-corrected chi connectivity index (χ4v) is 1.47. The first-order valence-electron chi connectivity index (χ1n) is 5.13. The number of nitro benzene ring substituents is 1. The van der Waals surface area contributed by atoms with Crippen LogP contribution in [0, 0.1) is 21.4 Å². The summed E-state index contributed by atoms with van der Waals surface area (Å²) in [6.07, 6.45) is 0. The molecule has 0 fully saturated rings. The van der Waals surface area contributed by atoms with Crippen LogP contribution in [0.3, 0.4) is 0 Å². The highest BCUT2D eigenvalue weighted by Crippen LogP contribution is 2.34. The lowest BCUT2D eigenvalue weighted by atomic mass is 10.2. The smallest absolute Gasteiger partial charge is 0.312 e. The molecule has 0 saturated heterocycles. The Bertz CT molecular complexity index is 620. The number of ether oxygens (including phenoxy) is 1. The maximum absolute atomic E-state index is 10.9. The summed E-state index contributed by atoms with van der Waals surface area (Å²) >= 11 is 0. The third kappa shape index (κ3) is 3.06. The van der Waals surface area contributed by atoms with Crippen molar-refractivity contribution >= 4 is 5.69 Å². The number of rotatable bonds is 3. The molecule has 0 amide bonds. The van der Waals surface area contributed by atoms with Crippen molar-refractivity contribution in [3.05, 3.63) is 64.2 Å². The first kappa shape index (κ1) is 14.2. The molecule has 0 atom stereocenters. The Morgan fingerprint density at radius 3 is 2.37 bits per heavy atom. The van der Waals surface area contributed by atoms with Gasteiger partial charge in [0.2, 0.25) is 5.75 Å². The molecule has 19 heavy (non-hydrogen) atoms. The highest BCUT2D eigenvalue weighted by Gasteiger charge is 2.19. The van der Waals surface area contributed by atoms with E-state index in [0.29, 0.717) is 5.75 Å². The summed E-state index contributed by atoms with van der Waals surface area (Å²) in [6, 6.07) is 14.7. The summed E-state index contributed by atoms with van der Waals surface area (Å²) in [7, 11) is 0. The van der Waals surface area contributed by atoms with Crippen molar-refractivity contribution in [2.24, 2.45) is 0 Å². The zero-order valence-electron chi connectivity index (χ0n) is 9.74. The topological polar surface area (TPSA) is 108 Å².